The van der Waals surface area contributed by atoms with E-state index in [0.717, 1.165) is 16.8 Å². The molecule has 2 aromatic carbocycles. The number of hydrogen-bond acceptors (Lipinski definition) is 2. The molecule has 1 heterocycles. The first-order valence-electron chi connectivity index (χ1n) is 7.93. The van der Waals surface area contributed by atoms with Crippen LogP contribution in [0.1, 0.15) is 24.1 Å². The van der Waals surface area contributed by atoms with Crippen molar-refractivity contribution in [2.24, 2.45) is 10.9 Å². The van der Waals surface area contributed by atoms with Crippen molar-refractivity contribution >= 4 is 46.2 Å². The molecule has 6 heteroatoms. The van der Waals surface area contributed by atoms with Crippen molar-refractivity contribution in [1.82, 2.24) is 5.32 Å². The van der Waals surface area contributed by atoms with Gasteiger partial charge in [-0.1, -0.05) is 41.9 Å². The summed E-state index contributed by atoms with van der Waals surface area (Å²) in [6, 6.07) is 14.8. The lowest BCUT2D eigenvalue weighted by Gasteiger charge is -2.31. The third-order valence-electron chi connectivity index (χ3n) is 4.23. The molecular weight excluding hydrogens is 354 g/mol. The summed E-state index contributed by atoms with van der Waals surface area (Å²) >= 11 is 11.3. The molecule has 1 aliphatic rings. The Balaban J connectivity index is 1.94. The number of para-hydroxylation sites is 1. The highest BCUT2D eigenvalue weighted by Crippen LogP contribution is 2.30. The van der Waals surface area contributed by atoms with Gasteiger partial charge in [0.2, 0.25) is 5.91 Å². The number of nitrogens with one attached hydrogen (secondary N) is 2. The number of thiocarbonyl (C=S) groups is 1. The zero-order valence-corrected chi connectivity index (χ0v) is 15.5. The highest BCUT2D eigenvalue weighted by atomic mass is 35.5. The predicted octanol–water partition coefficient (Wildman–Crippen LogP) is 4.29. The van der Waals surface area contributed by atoms with E-state index in [2.05, 4.69) is 15.6 Å². The van der Waals surface area contributed by atoms with Gasteiger partial charge < -0.3 is 10.6 Å². The fourth-order valence-corrected chi connectivity index (χ4v) is 3.43. The quantitative estimate of drug-likeness (QED) is 0.791. The Morgan fingerprint density at radius 2 is 1.96 bits per heavy atom. The van der Waals surface area contributed by atoms with Gasteiger partial charge in [-0.25, -0.2) is 4.99 Å². The zero-order valence-electron chi connectivity index (χ0n) is 13.9. The van der Waals surface area contributed by atoms with Gasteiger partial charge in [-0.3, -0.25) is 4.79 Å². The third-order valence-corrected chi connectivity index (χ3v) is 4.68. The second-order valence-electron chi connectivity index (χ2n) is 6.02. The molecule has 2 N–H and O–H groups in total. The second-order valence-corrected chi connectivity index (χ2v) is 6.84. The number of aryl methyl sites for hydroxylation is 1. The lowest BCUT2D eigenvalue weighted by atomic mass is 9.87. The minimum Gasteiger partial charge on any atom is -0.353 e. The predicted molar refractivity (Wildman–Crippen MR) is 106 cm³/mol. The number of amides is 1. The fourth-order valence-electron chi connectivity index (χ4n) is 2.96. The number of carbonyl (C=O) groups excluding carboxylic acids is 1. The van der Waals surface area contributed by atoms with E-state index in [1.165, 1.54) is 0 Å². The van der Waals surface area contributed by atoms with Gasteiger partial charge in [0.05, 0.1) is 6.04 Å². The number of halogens is 1. The number of anilines is 1. The number of hydrogen-bond donors (Lipinski definition) is 2. The van der Waals surface area contributed by atoms with Crippen LogP contribution in [0.15, 0.2) is 53.5 Å². The molecule has 1 amide bonds. The Kier molecular flexibility index (Phi) is 5.16. The van der Waals surface area contributed by atoms with Crippen molar-refractivity contribution in [3.63, 3.8) is 0 Å². The normalized spacial score (nSPS) is 19.8. The summed E-state index contributed by atoms with van der Waals surface area (Å²) in [5, 5.41) is 7.14. The Morgan fingerprint density at radius 3 is 2.68 bits per heavy atom. The summed E-state index contributed by atoms with van der Waals surface area (Å²) < 4.78 is 0. The summed E-state index contributed by atoms with van der Waals surface area (Å²) in [5.41, 5.74) is 3.37. The van der Waals surface area contributed by atoms with Crippen LogP contribution in [0.2, 0.25) is 5.02 Å². The number of nitrogens with zero attached hydrogens (tertiary/aromatic N) is 1. The van der Waals surface area contributed by atoms with E-state index in [4.69, 9.17) is 23.8 Å². The number of carbonyl (C=O) groups is 1. The molecule has 3 rings (SSSR count). The van der Waals surface area contributed by atoms with Crippen molar-refractivity contribution in [1.29, 1.82) is 0 Å². The van der Waals surface area contributed by atoms with Crippen LogP contribution < -0.4 is 10.6 Å². The maximum absolute atomic E-state index is 13.0. The van der Waals surface area contributed by atoms with Gasteiger partial charge in [0.15, 0.2) is 5.11 Å². The van der Waals surface area contributed by atoms with Gasteiger partial charge in [0.25, 0.3) is 0 Å². The summed E-state index contributed by atoms with van der Waals surface area (Å²) in [5.74, 6) is -0.611. The minimum atomic E-state index is -0.482. The number of benzene rings is 2. The van der Waals surface area contributed by atoms with Crippen molar-refractivity contribution in [2.45, 2.75) is 19.9 Å². The van der Waals surface area contributed by atoms with Crippen molar-refractivity contribution in [3.05, 3.63) is 64.7 Å². The lowest BCUT2D eigenvalue weighted by Crippen LogP contribution is -2.45. The average Bonchev–Trinajstić information content (AvgIpc) is 2.56. The van der Waals surface area contributed by atoms with Crippen LogP contribution in [0.4, 0.5) is 5.69 Å². The molecule has 0 aliphatic carbocycles. The van der Waals surface area contributed by atoms with Crippen molar-refractivity contribution < 1.29 is 4.79 Å². The van der Waals surface area contributed by atoms with E-state index >= 15 is 0 Å². The summed E-state index contributed by atoms with van der Waals surface area (Å²) in [6.07, 6.45) is 0. The Morgan fingerprint density at radius 1 is 1.20 bits per heavy atom. The SMILES string of the molecule is CC1=NC(=S)NC(c2cccc(Cl)c2)C1C(=O)Nc1ccccc1C. The van der Waals surface area contributed by atoms with Crippen LogP contribution in [0.5, 0.6) is 0 Å². The van der Waals surface area contributed by atoms with Gasteiger partial charge in [-0.2, -0.15) is 0 Å². The van der Waals surface area contributed by atoms with E-state index in [1.54, 1.807) is 6.07 Å². The molecular formula is C19H18ClN3OS. The molecule has 0 saturated heterocycles. The Labute approximate surface area is 157 Å². The monoisotopic (exact) mass is 371 g/mol. The summed E-state index contributed by atoms with van der Waals surface area (Å²) in [4.78, 5) is 17.3. The van der Waals surface area contributed by atoms with Gasteiger partial charge >= 0.3 is 0 Å². The third kappa shape index (κ3) is 3.89. The zero-order chi connectivity index (χ0) is 18.0. The maximum Gasteiger partial charge on any atom is 0.235 e. The number of rotatable bonds is 3. The highest BCUT2D eigenvalue weighted by molar-refractivity contribution is 7.80. The van der Waals surface area contributed by atoms with Gasteiger partial charge in [0, 0.05) is 16.4 Å². The first kappa shape index (κ1) is 17.6. The Hall–Kier alpha value is -2.24. The molecule has 0 bridgehead atoms. The van der Waals surface area contributed by atoms with Gasteiger partial charge in [-0.05, 0) is 55.4 Å². The van der Waals surface area contributed by atoms with E-state index in [1.807, 2.05) is 56.3 Å². The average molecular weight is 372 g/mol. The smallest absolute Gasteiger partial charge is 0.235 e. The summed E-state index contributed by atoms with van der Waals surface area (Å²) in [7, 11) is 0. The molecule has 0 aromatic heterocycles. The van der Waals surface area contributed by atoms with Gasteiger partial charge in [0.1, 0.15) is 5.92 Å². The van der Waals surface area contributed by atoms with Crippen LogP contribution in [0.25, 0.3) is 0 Å². The van der Waals surface area contributed by atoms with Crippen LogP contribution >= 0.6 is 23.8 Å². The maximum atomic E-state index is 13.0. The molecule has 0 spiro atoms. The standard InChI is InChI=1S/C19H18ClN3OS/c1-11-6-3-4-9-15(11)22-18(24)16-12(2)21-19(25)23-17(16)13-7-5-8-14(20)10-13/h3-10,16-17H,1-2H3,(H,22,24)(H,23,25). The van der Waals surface area contributed by atoms with Crippen LogP contribution in [-0.2, 0) is 4.79 Å². The number of aliphatic imine (C=N–C) groups is 1. The van der Waals surface area contributed by atoms with Crippen LogP contribution in [0.3, 0.4) is 0 Å². The topological polar surface area (TPSA) is 53.5 Å². The molecule has 1 aliphatic heterocycles. The van der Waals surface area contributed by atoms with E-state index in [-0.39, 0.29) is 11.9 Å². The molecule has 0 saturated carbocycles. The molecule has 0 fully saturated rings. The lowest BCUT2D eigenvalue weighted by molar-refractivity contribution is -0.118. The Bertz CT molecular complexity index is 865. The van der Waals surface area contributed by atoms with E-state index < -0.39 is 5.92 Å². The fraction of sp³-hybridized carbons (Fsp3) is 0.211. The largest absolute Gasteiger partial charge is 0.353 e. The molecule has 2 aromatic rings. The molecule has 128 valence electrons. The minimum absolute atomic E-state index is 0.129. The molecule has 4 nitrogen and oxygen atoms in total. The molecule has 25 heavy (non-hydrogen) atoms. The summed E-state index contributed by atoms with van der Waals surface area (Å²) in [6.45, 7) is 3.78. The first-order valence-corrected chi connectivity index (χ1v) is 8.72. The van der Waals surface area contributed by atoms with Crippen LogP contribution in [0, 0.1) is 12.8 Å². The molecule has 2 atom stereocenters. The van der Waals surface area contributed by atoms with Crippen molar-refractivity contribution in [3.8, 4) is 0 Å². The second kappa shape index (κ2) is 7.33. The molecule has 2 unspecified atom stereocenters. The molecule has 0 radical (unpaired) electrons. The van der Waals surface area contributed by atoms with E-state index in [9.17, 15) is 4.79 Å². The van der Waals surface area contributed by atoms with Crippen LogP contribution in [-0.4, -0.2) is 16.7 Å². The van der Waals surface area contributed by atoms with E-state index in [0.29, 0.717) is 15.8 Å². The first-order chi connectivity index (χ1) is 12.0. The highest BCUT2D eigenvalue weighted by Gasteiger charge is 2.36. The van der Waals surface area contributed by atoms with Gasteiger partial charge in [-0.15, -0.1) is 0 Å². The van der Waals surface area contributed by atoms with Crippen molar-refractivity contribution in [2.75, 3.05) is 5.32 Å².